The third kappa shape index (κ3) is 2.67. The standard InChI is InChI=1S/C18H17BN2O2S/c1-19(2)8-16-14-10-24-11-15(14)18(22)21(20-16)9-13-7-12-5-3-4-6-17(12)23-13/h3-7,10-11H,8-9H2,1-2H3. The zero-order chi connectivity index (χ0) is 16.7. The Hall–Kier alpha value is -2.34. The van der Waals surface area contributed by atoms with E-state index in [9.17, 15) is 4.79 Å². The fourth-order valence-electron chi connectivity index (χ4n) is 2.98. The van der Waals surface area contributed by atoms with Crippen molar-refractivity contribution in [3.05, 3.63) is 62.9 Å². The predicted octanol–water partition coefficient (Wildman–Crippen LogP) is 4.09. The lowest BCUT2D eigenvalue weighted by Crippen LogP contribution is -2.25. The fourth-order valence-corrected chi connectivity index (χ4v) is 3.81. The molecule has 0 amide bonds. The van der Waals surface area contributed by atoms with Crippen LogP contribution in [0.1, 0.15) is 11.5 Å². The molecule has 0 spiro atoms. The van der Waals surface area contributed by atoms with E-state index < -0.39 is 0 Å². The van der Waals surface area contributed by atoms with Gasteiger partial charge in [-0.25, -0.2) is 4.68 Å². The van der Waals surface area contributed by atoms with Gasteiger partial charge in [0.05, 0.1) is 11.1 Å². The summed E-state index contributed by atoms with van der Waals surface area (Å²) in [6.07, 6.45) is 0.855. The summed E-state index contributed by atoms with van der Waals surface area (Å²) < 4.78 is 7.38. The second-order valence-electron chi connectivity index (χ2n) is 6.46. The molecule has 0 saturated carbocycles. The van der Waals surface area contributed by atoms with Gasteiger partial charge in [-0.05, 0) is 18.5 Å². The lowest BCUT2D eigenvalue weighted by molar-refractivity contribution is 0.498. The van der Waals surface area contributed by atoms with Crippen LogP contribution in [0.25, 0.3) is 21.7 Å². The van der Waals surface area contributed by atoms with Crippen LogP contribution in [-0.4, -0.2) is 16.5 Å². The SMILES string of the molecule is CB(C)Cc1nn(Cc2cc3ccccc3o2)c(=O)c2cscc12. The summed E-state index contributed by atoms with van der Waals surface area (Å²) in [5.74, 6) is 0.746. The van der Waals surface area contributed by atoms with E-state index in [0.29, 0.717) is 13.3 Å². The van der Waals surface area contributed by atoms with E-state index in [1.165, 1.54) is 4.68 Å². The average molecular weight is 336 g/mol. The molecule has 3 aromatic heterocycles. The van der Waals surface area contributed by atoms with Gasteiger partial charge >= 0.3 is 0 Å². The Morgan fingerprint density at radius 1 is 1.21 bits per heavy atom. The fraction of sp³-hybridized carbons (Fsp3) is 0.222. The summed E-state index contributed by atoms with van der Waals surface area (Å²) >= 11 is 1.55. The second-order valence-corrected chi connectivity index (χ2v) is 7.20. The lowest BCUT2D eigenvalue weighted by atomic mass is 9.51. The summed E-state index contributed by atoms with van der Waals surface area (Å²) in [4.78, 5) is 12.7. The number of thiophene rings is 1. The van der Waals surface area contributed by atoms with Gasteiger partial charge in [0, 0.05) is 21.5 Å². The van der Waals surface area contributed by atoms with Crippen LogP contribution in [0.3, 0.4) is 0 Å². The highest BCUT2D eigenvalue weighted by Gasteiger charge is 2.15. The number of benzene rings is 1. The van der Waals surface area contributed by atoms with E-state index >= 15 is 0 Å². The number of hydrogen-bond donors (Lipinski definition) is 0. The average Bonchev–Trinajstić information content (AvgIpc) is 3.17. The quantitative estimate of drug-likeness (QED) is 0.528. The summed E-state index contributed by atoms with van der Waals surface area (Å²) in [5, 5.41) is 11.3. The molecule has 0 atom stereocenters. The molecule has 4 nitrogen and oxygen atoms in total. The molecule has 0 unspecified atom stereocenters. The van der Waals surface area contributed by atoms with Gasteiger partial charge < -0.3 is 4.42 Å². The van der Waals surface area contributed by atoms with E-state index in [-0.39, 0.29) is 5.56 Å². The van der Waals surface area contributed by atoms with E-state index in [0.717, 1.165) is 39.5 Å². The molecular weight excluding hydrogens is 319 g/mol. The van der Waals surface area contributed by atoms with Crippen LogP contribution in [-0.2, 0) is 12.9 Å². The molecule has 0 aliphatic heterocycles. The Morgan fingerprint density at radius 3 is 2.79 bits per heavy atom. The number of furan rings is 1. The number of nitrogens with zero attached hydrogens (tertiary/aromatic N) is 2. The number of rotatable bonds is 4. The van der Waals surface area contributed by atoms with Gasteiger partial charge in [-0.15, -0.1) is 0 Å². The van der Waals surface area contributed by atoms with Gasteiger partial charge in [-0.2, -0.15) is 16.4 Å². The van der Waals surface area contributed by atoms with E-state index in [1.807, 2.05) is 41.1 Å². The first kappa shape index (κ1) is 15.2. The van der Waals surface area contributed by atoms with E-state index in [4.69, 9.17) is 4.42 Å². The van der Waals surface area contributed by atoms with Crippen molar-refractivity contribution in [3.63, 3.8) is 0 Å². The lowest BCUT2D eigenvalue weighted by Gasteiger charge is -2.08. The maximum atomic E-state index is 12.7. The normalized spacial score (nSPS) is 11.4. The molecule has 6 heteroatoms. The predicted molar refractivity (Wildman–Crippen MR) is 100 cm³/mol. The number of aromatic nitrogens is 2. The summed E-state index contributed by atoms with van der Waals surface area (Å²) in [6, 6.07) is 9.83. The van der Waals surface area contributed by atoms with Gasteiger partial charge in [-0.3, -0.25) is 4.79 Å². The van der Waals surface area contributed by atoms with E-state index in [2.05, 4.69) is 18.7 Å². The molecule has 0 fully saturated rings. The van der Waals surface area contributed by atoms with Gasteiger partial charge in [0.15, 0.2) is 0 Å². The highest BCUT2D eigenvalue weighted by molar-refractivity contribution is 7.09. The molecule has 3 heterocycles. The van der Waals surface area contributed by atoms with Crippen molar-refractivity contribution < 1.29 is 4.42 Å². The Labute approximate surface area is 143 Å². The van der Waals surface area contributed by atoms with Crippen molar-refractivity contribution in [3.8, 4) is 0 Å². The molecule has 0 bridgehead atoms. The van der Waals surface area contributed by atoms with Gasteiger partial charge in [-0.1, -0.05) is 31.8 Å². The minimum Gasteiger partial charge on any atom is -0.459 e. The number of para-hydroxylation sites is 1. The van der Waals surface area contributed by atoms with Crippen LogP contribution in [0.2, 0.25) is 13.6 Å². The molecular formula is C18H17BN2O2S. The molecule has 0 N–H and O–H groups in total. The maximum absolute atomic E-state index is 12.7. The Kier molecular flexibility index (Phi) is 3.77. The topological polar surface area (TPSA) is 48.0 Å². The molecule has 4 aromatic rings. The van der Waals surface area contributed by atoms with Crippen LogP contribution in [0.15, 0.2) is 50.3 Å². The summed E-state index contributed by atoms with van der Waals surface area (Å²) in [5.41, 5.74) is 1.76. The van der Waals surface area contributed by atoms with Crippen LogP contribution >= 0.6 is 11.3 Å². The second kappa shape index (κ2) is 5.94. The van der Waals surface area contributed by atoms with Crippen molar-refractivity contribution in [2.24, 2.45) is 0 Å². The molecule has 120 valence electrons. The number of fused-ring (bicyclic) bond motifs is 2. The Balaban J connectivity index is 1.80. The first-order valence-electron chi connectivity index (χ1n) is 8.05. The van der Waals surface area contributed by atoms with Crippen molar-refractivity contribution in [2.45, 2.75) is 26.5 Å². The van der Waals surface area contributed by atoms with Crippen LogP contribution in [0.4, 0.5) is 0 Å². The maximum Gasteiger partial charge on any atom is 0.275 e. The van der Waals surface area contributed by atoms with Gasteiger partial charge in [0.2, 0.25) is 0 Å². The molecule has 24 heavy (non-hydrogen) atoms. The summed E-state index contributed by atoms with van der Waals surface area (Å²) in [6.45, 7) is 5.16. The van der Waals surface area contributed by atoms with Crippen LogP contribution < -0.4 is 5.56 Å². The molecule has 0 aliphatic carbocycles. The minimum absolute atomic E-state index is 0.0563. The molecule has 0 radical (unpaired) electrons. The largest absolute Gasteiger partial charge is 0.459 e. The van der Waals surface area contributed by atoms with Gasteiger partial charge in [0.25, 0.3) is 5.56 Å². The molecule has 4 rings (SSSR count). The van der Waals surface area contributed by atoms with Crippen LogP contribution in [0, 0.1) is 0 Å². The van der Waals surface area contributed by atoms with Crippen molar-refractivity contribution in [1.82, 2.24) is 9.78 Å². The first-order chi connectivity index (χ1) is 11.6. The Morgan fingerprint density at radius 2 is 2.00 bits per heavy atom. The Bertz CT molecular complexity index is 1040. The van der Waals surface area contributed by atoms with Crippen molar-refractivity contribution >= 4 is 39.8 Å². The molecule has 1 aromatic carbocycles. The highest BCUT2D eigenvalue weighted by Crippen LogP contribution is 2.21. The van der Waals surface area contributed by atoms with Crippen LogP contribution in [0.5, 0.6) is 0 Å². The highest BCUT2D eigenvalue weighted by atomic mass is 32.1. The number of hydrogen-bond acceptors (Lipinski definition) is 4. The first-order valence-corrected chi connectivity index (χ1v) is 8.99. The molecule has 0 aliphatic rings. The minimum atomic E-state index is -0.0563. The van der Waals surface area contributed by atoms with Crippen molar-refractivity contribution in [2.75, 3.05) is 0 Å². The summed E-state index contributed by atoms with van der Waals surface area (Å²) in [7, 11) is 0. The van der Waals surface area contributed by atoms with Crippen molar-refractivity contribution in [1.29, 1.82) is 0 Å². The zero-order valence-corrected chi connectivity index (χ0v) is 14.5. The zero-order valence-electron chi connectivity index (χ0n) is 13.7. The van der Waals surface area contributed by atoms with E-state index in [1.54, 1.807) is 11.3 Å². The monoisotopic (exact) mass is 336 g/mol. The molecule has 0 saturated heterocycles. The third-order valence-electron chi connectivity index (χ3n) is 4.06. The smallest absolute Gasteiger partial charge is 0.275 e. The third-order valence-corrected chi connectivity index (χ3v) is 4.81. The van der Waals surface area contributed by atoms with Gasteiger partial charge in [0.1, 0.15) is 24.6 Å².